The molecule has 2 N–H and O–H groups in total. The van der Waals surface area contributed by atoms with Crippen molar-refractivity contribution in [3.05, 3.63) is 40.1 Å². The largest absolute Gasteiger partial charge is 0.493 e. The number of rotatable bonds is 2. The van der Waals surface area contributed by atoms with Gasteiger partial charge in [0.2, 0.25) is 0 Å². The molecule has 1 aromatic carbocycles. The number of benzene rings is 1. The fourth-order valence-corrected chi connectivity index (χ4v) is 3.01. The Labute approximate surface area is 105 Å². The number of hydrogen-bond donors (Lipinski definition) is 1. The van der Waals surface area contributed by atoms with Crippen LogP contribution in [0.5, 0.6) is 5.75 Å². The lowest BCUT2D eigenvalue weighted by Gasteiger charge is -2.19. The van der Waals surface area contributed by atoms with Gasteiger partial charge in [0.15, 0.2) is 0 Å². The summed E-state index contributed by atoms with van der Waals surface area (Å²) in [5.74, 6) is 1.07. The molecule has 0 atom stereocenters. The van der Waals surface area contributed by atoms with Crippen LogP contribution in [-0.4, -0.2) is 6.61 Å². The molecule has 0 spiro atoms. The quantitative estimate of drug-likeness (QED) is 0.881. The maximum absolute atomic E-state index is 5.83. The van der Waals surface area contributed by atoms with Gasteiger partial charge in [-0.1, -0.05) is 18.2 Å². The van der Waals surface area contributed by atoms with Gasteiger partial charge < -0.3 is 10.5 Å². The van der Waals surface area contributed by atoms with Crippen molar-refractivity contribution >= 4 is 11.3 Å². The molecule has 0 radical (unpaired) electrons. The Hall–Kier alpha value is -1.32. The van der Waals surface area contributed by atoms with E-state index in [1.165, 1.54) is 21.6 Å². The van der Waals surface area contributed by atoms with Gasteiger partial charge in [-0.25, -0.2) is 0 Å². The lowest BCUT2D eigenvalue weighted by Crippen LogP contribution is -2.09. The SMILES string of the molecule is NCc1cc(-c2cccc3c2OCCC3)cs1. The second-order valence-corrected chi connectivity index (χ2v) is 5.25. The van der Waals surface area contributed by atoms with Crippen LogP contribution < -0.4 is 10.5 Å². The van der Waals surface area contributed by atoms with Crippen LogP contribution >= 0.6 is 11.3 Å². The predicted octanol–water partition coefficient (Wildman–Crippen LogP) is 3.20. The van der Waals surface area contributed by atoms with Crippen molar-refractivity contribution in [2.45, 2.75) is 19.4 Å². The van der Waals surface area contributed by atoms with Gasteiger partial charge in [0, 0.05) is 17.0 Å². The minimum atomic E-state index is 0.612. The molecule has 0 aliphatic carbocycles. The first-order valence-corrected chi connectivity index (χ1v) is 6.79. The third kappa shape index (κ3) is 1.96. The van der Waals surface area contributed by atoms with Crippen LogP contribution in [0.15, 0.2) is 29.6 Å². The van der Waals surface area contributed by atoms with E-state index in [-0.39, 0.29) is 0 Å². The Bertz CT molecular complexity index is 533. The maximum atomic E-state index is 5.83. The van der Waals surface area contributed by atoms with E-state index in [9.17, 15) is 0 Å². The van der Waals surface area contributed by atoms with Crippen LogP contribution in [0.4, 0.5) is 0 Å². The predicted molar refractivity (Wildman–Crippen MR) is 71.5 cm³/mol. The molecule has 88 valence electrons. The molecule has 0 amide bonds. The van der Waals surface area contributed by atoms with Crippen molar-refractivity contribution in [2.24, 2.45) is 5.73 Å². The molecule has 3 rings (SSSR count). The summed E-state index contributed by atoms with van der Waals surface area (Å²) in [5, 5.41) is 2.16. The minimum absolute atomic E-state index is 0.612. The molecule has 0 saturated heterocycles. The Balaban J connectivity index is 2.07. The van der Waals surface area contributed by atoms with Crippen LogP contribution in [0.25, 0.3) is 11.1 Å². The van der Waals surface area contributed by atoms with E-state index in [1.807, 2.05) is 0 Å². The minimum Gasteiger partial charge on any atom is -0.493 e. The fraction of sp³-hybridized carbons (Fsp3) is 0.286. The molecular formula is C14H15NOS. The van der Waals surface area contributed by atoms with Crippen molar-refractivity contribution in [2.75, 3.05) is 6.61 Å². The molecule has 0 bridgehead atoms. The number of thiophene rings is 1. The molecule has 3 heteroatoms. The van der Waals surface area contributed by atoms with Gasteiger partial charge in [-0.2, -0.15) is 0 Å². The van der Waals surface area contributed by atoms with Gasteiger partial charge >= 0.3 is 0 Å². The normalized spacial score (nSPS) is 14.2. The first-order chi connectivity index (χ1) is 8.38. The van der Waals surface area contributed by atoms with Crippen molar-refractivity contribution in [3.63, 3.8) is 0 Å². The molecule has 1 aromatic heterocycles. The lowest BCUT2D eigenvalue weighted by molar-refractivity contribution is 0.289. The average Bonchev–Trinajstić information content (AvgIpc) is 2.87. The monoisotopic (exact) mass is 245 g/mol. The molecule has 0 fully saturated rings. The Morgan fingerprint density at radius 1 is 1.35 bits per heavy atom. The Kier molecular flexibility index (Phi) is 2.87. The first kappa shape index (κ1) is 10.8. The summed E-state index contributed by atoms with van der Waals surface area (Å²) in [6, 6.07) is 8.57. The molecule has 1 aliphatic heterocycles. The summed E-state index contributed by atoms with van der Waals surface area (Å²) >= 11 is 1.71. The van der Waals surface area contributed by atoms with Crippen LogP contribution in [0, 0.1) is 0 Å². The second kappa shape index (κ2) is 4.51. The number of ether oxygens (including phenoxy) is 1. The van der Waals surface area contributed by atoms with Gasteiger partial charge in [0.1, 0.15) is 5.75 Å². The number of nitrogens with two attached hydrogens (primary N) is 1. The van der Waals surface area contributed by atoms with Gasteiger partial charge in [0.05, 0.1) is 6.61 Å². The van der Waals surface area contributed by atoms with E-state index in [0.717, 1.165) is 25.2 Å². The van der Waals surface area contributed by atoms with E-state index in [2.05, 4.69) is 29.6 Å². The number of fused-ring (bicyclic) bond motifs is 1. The first-order valence-electron chi connectivity index (χ1n) is 5.91. The van der Waals surface area contributed by atoms with Gasteiger partial charge in [-0.05, 0) is 35.4 Å². The van der Waals surface area contributed by atoms with E-state index in [0.29, 0.717) is 6.54 Å². The smallest absolute Gasteiger partial charge is 0.130 e. The van der Waals surface area contributed by atoms with Crippen LogP contribution in [0.1, 0.15) is 16.9 Å². The zero-order valence-corrected chi connectivity index (χ0v) is 10.4. The van der Waals surface area contributed by atoms with Gasteiger partial charge in [-0.3, -0.25) is 0 Å². The molecule has 2 nitrogen and oxygen atoms in total. The highest BCUT2D eigenvalue weighted by Crippen LogP contribution is 2.37. The summed E-state index contributed by atoms with van der Waals surface area (Å²) < 4.78 is 5.83. The highest BCUT2D eigenvalue weighted by Gasteiger charge is 2.15. The van der Waals surface area contributed by atoms with E-state index in [1.54, 1.807) is 11.3 Å². The summed E-state index contributed by atoms with van der Waals surface area (Å²) in [6.45, 7) is 1.44. The van der Waals surface area contributed by atoms with Crippen LogP contribution in [0.2, 0.25) is 0 Å². The molecule has 0 unspecified atom stereocenters. The van der Waals surface area contributed by atoms with Gasteiger partial charge in [-0.15, -0.1) is 11.3 Å². The highest BCUT2D eigenvalue weighted by atomic mass is 32.1. The topological polar surface area (TPSA) is 35.2 Å². The van der Waals surface area contributed by atoms with Crippen molar-refractivity contribution in [1.82, 2.24) is 0 Å². The number of para-hydroxylation sites is 1. The van der Waals surface area contributed by atoms with Crippen LogP contribution in [0.3, 0.4) is 0 Å². The van der Waals surface area contributed by atoms with E-state index < -0.39 is 0 Å². The molecule has 1 aliphatic rings. The third-order valence-electron chi connectivity index (χ3n) is 3.10. The average molecular weight is 245 g/mol. The summed E-state index contributed by atoms with van der Waals surface area (Å²) in [4.78, 5) is 1.22. The highest BCUT2D eigenvalue weighted by molar-refractivity contribution is 7.10. The van der Waals surface area contributed by atoms with E-state index in [4.69, 9.17) is 10.5 Å². The number of hydrogen-bond acceptors (Lipinski definition) is 3. The van der Waals surface area contributed by atoms with Gasteiger partial charge in [0.25, 0.3) is 0 Å². The molecule has 2 aromatic rings. The number of aryl methyl sites for hydroxylation is 1. The maximum Gasteiger partial charge on any atom is 0.130 e. The second-order valence-electron chi connectivity index (χ2n) is 4.25. The Morgan fingerprint density at radius 3 is 3.12 bits per heavy atom. The zero-order chi connectivity index (χ0) is 11.7. The zero-order valence-electron chi connectivity index (χ0n) is 9.61. The molecule has 0 saturated carbocycles. The van der Waals surface area contributed by atoms with Crippen LogP contribution in [-0.2, 0) is 13.0 Å². The molecule has 17 heavy (non-hydrogen) atoms. The van der Waals surface area contributed by atoms with Crippen molar-refractivity contribution in [1.29, 1.82) is 0 Å². The standard InChI is InChI=1S/C14H15NOS/c15-8-12-7-11(9-17-12)13-5-1-3-10-4-2-6-16-14(10)13/h1,3,5,7,9H,2,4,6,8,15H2. The summed E-state index contributed by atoms with van der Waals surface area (Å²) in [5.41, 5.74) is 9.42. The van der Waals surface area contributed by atoms with Crippen molar-refractivity contribution < 1.29 is 4.74 Å². The Morgan fingerprint density at radius 2 is 2.29 bits per heavy atom. The summed E-state index contributed by atoms with van der Waals surface area (Å²) in [7, 11) is 0. The fourth-order valence-electron chi connectivity index (χ4n) is 2.25. The van der Waals surface area contributed by atoms with Crippen molar-refractivity contribution in [3.8, 4) is 16.9 Å². The molecule has 2 heterocycles. The summed E-state index contributed by atoms with van der Waals surface area (Å²) in [6.07, 6.45) is 2.24. The molecular weight excluding hydrogens is 230 g/mol. The van der Waals surface area contributed by atoms with E-state index >= 15 is 0 Å². The lowest BCUT2D eigenvalue weighted by atomic mass is 9.99. The third-order valence-corrected chi connectivity index (χ3v) is 4.06.